The van der Waals surface area contributed by atoms with Crippen molar-refractivity contribution in [3.05, 3.63) is 38.7 Å². The van der Waals surface area contributed by atoms with E-state index in [1.54, 1.807) is 17.4 Å². The molecule has 2 aliphatic heterocycles. The maximum absolute atomic E-state index is 13.2. The summed E-state index contributed by atoms with van der Waals surface area (Å²) in [6, 6.07) is 5.99. The van der Waals surface area contributed by atoms with Crippen molar-refractivity contribution in [1.29, 1.82) is 0 Å². The molecule has 1 amide bonds. The minimum Gasteiger partial charge on any atom is -0.370 e. The highest BCUT2D eigenvalue weighted by atomic mass is 35.5. The van der Waals surface area contributed by atoms with Gasteiger partial charge in [0.2, 0.25) is 0 Å². The van der Waals surface area contributed by atoms with Crippen molar-refractivity contribution in [1.82, 2.24) is 15.1 Å². The number of nitrogens with zero attached hydrogens (tertiary/aromatic N) is 3. The van der Waals surface area contributed by atoms with Crippen LogP contribution in [0.5, 0.6) is 0 Å². The van der Waals surface area contributed by atoms with E-state index in [1.807, 2.05) is 11.0 Å². The van der Waals surface area contributed by atoms with Crippen LogP contribution in [0.25, 0.3) is 0 Å². The number of thiophene rings is 1. The highest BCUT2D eigenvalue weighted by Crippen LogP contribution is 2.42. The molecule has 8 heteroatoms. The Kier molecular flexibility index (Phi) is 4.80. The molecule has 29 heavy (non-hydrogen) atoms. The molecule has 1 N–H and O–H groups in total. The Bertz CT molecular complexity index is 929. The fourth-order valence-electron chi connectivity index (χ4n) is 5.06. The second kappa shape index (κ2) is 7.22. The summed E-state index contributed by atoms with van der Waals surface area (Å²) in [6.45, 7) is 6.54. The smallest absolute Gasteiger partial charge is 0.263 e. The first-order valence-corrected chi connectivity index (χ1v) is 11.4. The summed E-state index contributed by atoms with van der Waals surface area (Å²) < 4.78 is 5.90. The first kappa shape index (κ1) is 19.3. The first-order valence-electron chi connectivity index (χ1n) is 10.2. The maximum Gasteiger partial charge on any atom is 0.263 e. The van der Waals surface area contributed by atoms with Crippen LogP contribution >= 0.6 is 22.9 Å². The fourth-order valence-corrected chi connectivity index (χ4v) is 6.41. The summed E-state index contributed by atoms with van der Waals surface area (Å²) in [5.74, 6) is 1.91. The van der Waals surface area contributed by atoms with Gasteiger partial charge in [0, 0.05) is 36.3 Å². The largest absolute Gasteiger partial charge is 0.370 e. The molecule has 4 heterocycles. The van der Waals surface area contributed by atoms with Crippen LogP contribution < -0.4 is 5.32 Å². The number of aromatic nitrogens is 2. The van der Waals surface area contributed by atoms with Crippen molar-refractivity contribution < 1.29 is 9.53 Å². The zero-order valence-corrected chi connectivity index (χ0v) is 18.2. The zero-order chi connectivity index (χ0) is 20.2. The predicted molar refractivity (Wildman–Crippen MR) is 114 cm³/mol. The molecule has 0 radical (unpaired) electrons. The summed E-state index contributed by atoms with van der Waals surface area (Å²) in [5.41, 5.74) is 0.871. The molecule has 2 aromatic heterocycles. The summed E-state index contributed by atoms with van der Waals surface area (Å²) in [6.07, 6.45) is 3.13. The quantitative estimate of drug-likeness (QED) is 0.795. The van der Waals surface area contributed by atoms with Gasteiger partial charge in [0.25, 0.3) is 5.91 Å². The fraction of sp³-hybridized carbons (Fsp3) is 0.571. The Hall–Kier alpha value is -1.70. The Morgan fingerprint density at radius 3 is 2.93 bits per heavy atom. The van der Waals surface area contributed by atoms with Gasteiger partial charge in [-0.05, 0) is 56.4 Å². The Morgan fingerprint density at radius 2 is 2.17 bits per heavy atom. The van der Waals surface area contributed by atoms with E-state index in [-0.39, 0.29) is 11.5 Å². The third-order valence-electron chi connectivity index (χ3n) is 6.57. The van der Waals surface area contributed by atoms with Gasteiger partial charge >= 0.3 is 0 Å². The highest BCUT2D eigenvalue weighted by Gasteiger charge is 2.44. The number of halogens is 1. The topological polar surface area (TPSA) is 67.3 Å². The molecule has 1 saturated heterocycles. The van der Waals surface area contributed by atoms with Gasteiger partial charge in [-0.25, -0.2) is 0 Å². The molecule has 6 nitrogen and oxygen atoms in total. The van der Waals surface area contributed by atoms with Gasteiger partial charge in [-0.2, -0.15) is 0 Å². The molecule has 2 fully saturated rings. The number of ether oxygens (including phenoxy) is 1. The van der Waals surface area contributed by atoms with Crippen LogP contribution in [0.15, 0.2) is 18.2 Å². The van der Waals surface area contributed by atoms with E-state index in [2.05, 4.69) is 35.4 Å². The highest BCUT2D eigenvalue weighted by molar-refractivity contribution is 7.14. The number of hydrogen-bond acceptors (Lipinski definition) is 6. The third-order valence-corrected chi connectivity index (χ3v) is 7.95. The molecule has 0 aromatic carbocycles. The standard InChI is InChI=1S/C21H25ClN4O2S/c1-21(2)14-9-17(29-16(14)7-8-28-21)20(27)26-10-12-3-4-15(13(12)11-26)23-19-6-5-18(22)24-25-19/h5-6,9,12-13,15H,3-4,7-8,10-11H2,1-2H3,(H,23,25)/t12-,13+,15+/m0/s1. The molecule has 0 bridgehead atoms. The van der Waals surface area contributed by atoms with Crippen LogP contribution in [0, 0.1) is 11.8 Å². The number of carbonyl (C=O) groups excluding carboxylic acids is 1. The van der Waals surface area contributed by atoms with Crippen molar-refractivity contribution >= 4 is 34.7 Å². The molecule has 5 rings (SSSR count). The maximum atomic E-state index is 13.2. The number of likely N-dealkylation sites (tertiary alicyclic amines) is 1. The van der Waals surface area contributed by atoms with Crippen molar-refractivity contribution in [3.8, 4) is 0 Å². The summed E-state index contributed by atoms with van der Waals surface area (Å²) in [7, 11) is 0. The Balaban J connectivity index is 1.29. The van der Waals surface area contributed by atoms with Gasteiger partial charge in [-0.3, -0.25) is 4.79 Å². The van der Waals surface area contributed by atoms with Crippen molar-refractivity contribution in [2.24, 2.45) is 11.8 Å². The third kappa shape index (κ3) is 3.53. The van der Waals surface area contributed by atoms with E-state index in [1.165, 1.54) is 10.4 Å². The SMILES string of the molecule is CC1(C)OCCc2sc(C(=O)N3C[C@@H]4CC[C@@H](Nc5ccc(Cl)nn5)[C@@H]4C3)cc21. The van der Waals surface area contributed by atoms with E-state index in [0.717, 1.165) is 49.7 Å². The first-order chi connectivity index (χ1) is 13.9. The van der Waals surface area contributed by atoms with Crippen LogP contribution in [0.2, 0.25) is 5.15 Å². The van der Waals surface area contributed by atoms with Crippen LogP contribution in [-0.2, 0) is 16.8 Å². The summed E-state index contributed by atoms with van der Waals surface area (Å²) in [5, 5.41) is 11.9. The number of carbonyl (C=O) groups is 1. The van der Waals surface area contributed by atoms with E-state index in [9.17, 15) is 4.79 Å². The molecule has 1 saturated carbocycles. The predicted octanol–water partition coefficient (Wildman–Crippen LogP) is 3.96. The van der Waals surface area contributed by atoms with E-state index in [4.69, 9.17) is 16.3 Å². The Labute approximate surface area is 179 Å². The number of anilines is 1. The molecular weight excluding hydrogens is 408 g/mol. The molecule has 2 aromatic rings. The van der Waals surface area contributed by atoms with E-state index < -0.39 is 0 Å². The number of amides is 1. The second-order valence-corrected chi connectivity index (χ2v) is 10.3. The van der Waals surface area contributed by atoms with E-state index in [0.29, 0.717) is 23.0 Å². The average Bonchev–Trinajstić information content (AvgIpc) is 3.38. The number of hydrogen-bond donors (Lipinski definition) is 1. The van der Waals surface area contributed by atoms with Gasteiger partial charge in [0.1, 0.15) is 5.82 Å². The summed E-state index contributed by atoms with van der Waals surface area (Å²) >= 11 is 7.48. The van der Waals surface area contributed by atoms with E-state index >= 15 is 0 Å². The lowest BCUT2D eigenvalue weighted by atomic mass is 9.95. The monoisotopic (exact) mass is 432 g/mol. The van der Waals surface area contributed by atoms with Gasteiger partial charge < -0.3 is 15.0 Å². The minimum atomic E-state index is -0.307. The Morgan fingerprint density at radius 1 is 1.31 bits per heavy atom. The molecule has 0 unspecified atom stereocenters. The van der Waals surface area contributed by atoms with Crippen LogP contribution in [0.4, 0.5) is 5.82 Å². The van der Waals surface area contributed by atoms with Gasteiger partial charge in [0.15, 0.2) is 5.15 Å². The molecule has 3 aliphatic rings. The molecule has 1 aliphatic carbocycles. The molecule has 0 spiro atoms. The summed E-state index contributed by atoms with van der Waals surface area (Å²) in [4.78, 5) is 17.4. The second-order valence-electron chi connectivity index (χ2n) is 8.76. The van der Waals surface area contributed by atoms with Crippen molar-refractivity contribution in [2.75, 3.05) is 25.0 Å². The molecule has 3 atom stereocenters. The van der Waals surface area contributed by atoms with Gasteiger partial charge in [0.05, 0.1) is 17.1 Å². The molecule has 154 valence electrons. The van der Waals surface area contributed by atoms with Crippen LogP contribution in [-0.4, -0.2) is 46.7 Å². The minimum absolute atomic E-state index is 0.166. The molecular formula is C21H25ClN4O2S. The normalized spacial score (nSPS) is 27.6. The zero-order valence-electron chi connectivity index (χ0n) is 16.7. The number of rotatable bonds is 3. The van der Waals surface area contributed by atoms with Gasteiger partial charge in [-0.1, -0.05) is 11.6 Å². The van der Waals surface area contributed by atoms with Crippen LogP contribution in [0.3, 0.4) is 0 Å². The van der Waals surface area contributed by atoms with Crippen molar-refractivity contribution in [3.63, 3.8) is 0 Å². The lowest BCUT2D eigenvalue weighted by molar-refractivity contribution is -0.0303. The number of nitrogens with one attached hydrogen (secondary N) is 1. The average molecular weight is 433 g/mol. The number of fused-ring (bicyclic) bond motifs is 2. The van der Waals surface area contributed by atoms with Crippen molar-refractivity contribution in [2.45, 2.75) is 44.8 Å². The lowest BCUT2D eigenvalue weighted by Gasteiger charge is -2.30. The van der Waals surface area contributed by atoms with Gasteiger partial charge in [-0.15, -0.1) is 21.5 Å². The lowest BCUT2D eigenvalue weighted by Crippen LogP contribution is -2.33. The van der Waals surface area contributed by atoms with Crippen LogP contribution in [0.1, 0.15) is 46.8 Å².